The van der Waals surface area contributed by atoms with E-state index in [9.17, 15) is 4.79 Å². The molecule has 3 aromatic rings. The molecule has 150 valence electrons. The van der Waals surface area contributed by atoms with Gasteiger partial charge in [-0.15, -0.1) is 36.2 Å². The number of amides is 1. The van der Waals surface area contributed by atoms with E-state index in [1.165, 1.54) is 0 Å². The van der Waals surface area contributed by atoms with Gasteiger partial charge in [0.1, 0.15) is 16.9 Å². The van der Waals surface area contributed by atoms with Gasteiger partial charge in [0.15, 0.2) is 0 Å². The minimum atomic E-state index is -0.0484. The van der Waals surface area contributed by atoms with E-state index in [4.69, 9.17) is 0 Å². The number of aryl methyl sites for hydroxylation is 1. The number of carbonyl (C=O) groups is 1. The monoisotopic (exact) mass is 440 g/mol. The summed E-state index contributed by atoms with van der Waals surface area (Å²) < 4.78 is 1.97. The van der Waals surface area contributed by atoms with Crippen LogP contribution < -0.4 is 5.32 Å². The Morgan fingerprint density at radius 1 is 1.36 bits per heavy atom. The second kappa shape index (κ2) is 9.97. The van der Waals surface area contributed by atoms with Crippen LogP contribution in [-0.2, 0) is 18.3 Å². The molecule has 1 aliphatic heterocycles. The number of pyridine rings is 1. The molecular weight excluding hydrogens is 419 g/mol. The number of hydrogen-bond acceptors (Lipinski definition) is 6. The third kappa shape index (κ3) is 4.70. The third-order valence-corrected chi connectivity index (χ3v) is 5.45. The van der Waals surface area contributed by atoms with E-state index in [-0.39, 0.29) is 36.8 Å². The van der Waals surface area contributed by atoms with Crippen LogP contribution in [0.25, 0.3) is 10.6 Å². The highest BCUT2D eigenvalue weighted by Crippen LogP contribution is 2.25. The first-order chi connectivity index (χ1) is 12.7. The zero-order valence-electron chi connectivity index (χ0n) is 15.3. The molecule has 1 saturated heterocycles. The lowest BCUT2D eigenvalue weighted by Crippen LogP contribution is -2.49. The molecule has 0 aromatic carbocycles. The van der Waals surface area contributed by atoms with Crippen LogP contribution in [0.1, 0.15) is 17.6 Å². The summed E-state index contributed by atoms with van der Waals surface area (Å²) in [6.07, 6.45) is 7.51. The lowest BCUT2D eigenvalue weighted by atomic mass is 10.1. The molecule has 10 heteroatoms. The van der Waals surface area contributed by atoms with E-state index in [0.29, 0.717) is 19.5 Å². The Bertz CT molecular complexity index is 900. The highest BCUT2D eigenvalue weighted by Gasteiger charge is 2.30. The van der Waals surface area contributed by atoms with Gasteiger partial charge in [-0.1, -0.05) is 0 Å². The molecule has 4 heterocycles. The van der Waals surface area contributed by atoms with Crippen LogP contribution in [-0.4, -0.2) is 50.0 Å². The van der Waals surface area contributed by atoms with Crippen molar-refractivity contribution in [1.82, 2.24) is 29.7 Å². The second-order valence-electron chi connectivity index (χ2n) is 6.27. The fraction of sp³-hybridized carbons (Fsp3) is 0.333. The van der Waals surface area contributed by atoms with Gasteiger partial charge in [-0.05, 0) is 12.1 Å². The highest BCUT2D eigenvalue weighted by atomic mass is 35.5. The zero-order valence-corrected chi connectivity index (χ0v) is 17.8. The van der Waals surface area contributed by atoms with Crippen LogP contribution in [0.5, 0.6) is 0 Å². The minimum Gasteiger partial charge on any atom is -0.336 e. The van der Waals surface area contributed by atoms with Crippen LogP contribution in [0.4, 0.5) is 0 Å². The summed E-state index contributed by atoms with van der Waals surface area (Å²) in [7, 11) is 1.96. The maximum Gasteiger partial charge on any atom is 0.229 e. The first-order valence-electron chi connectivity index (χ1n) is 8.54. The normalized spacial score (nSPS) is 16.2. The molecule has 3 aromatic heterocycles. The van der Waals surface area contributed by atoms with Gasteiger partial charge in [0.05, 0.1) is 12.1 Å². The fourth-order valence-electron chi connectivity index (χ4n) is 3.20. The molecular formula is C18H22Cl2N6OS. The van der Waals surface area contributed by atoms with Crippen molar-refractivity contribution < 1.29 is 4.79 Å². The molecule has 1 aliphatic rings. The van der Waals surface area contributed by atoms with Gasteiger partial charge in [-0.3, -0.25) is 9.78 Å². The third-order valence-electron chi connectivity index (χ3n) is 4.51. The summed E-state index contributed by atoms with van der Waals surface area (Å²) >= 11 is 1.54. The van der Waals surface area contributed by atoms with E-state index in [1.807, 2.05) is 40.2 Å². The average Bonchev–Trinajstić information content (AvgIpc) is 3.31. The molecule has 4 rings (SSSR count). The van der Waals surface area contributed by atoms with Gasteiger partial charge in [0, 0.05) is 62.4 Å². The molecule has 0 spiro atoms. The summed E-state index contributed by atoms with van der Waals surface area (Å²) in [5.74, 6) is 0.988. The molecule has 1 amide bonds. The fourth-order valence-corrected chi connectivity index (χ4v) is 4.01. The van der Waals surface area contributed by atoms with E-state index >= 15 is 0 Å². The SMILES string of the molecule is Cl.Cl.Cn1ccnc1C1CNCCN1C(=O)Cc1csc(-c2cccnc2)n1. The molecule has 1 atom stereocenters. The topological polar surface area (TPSA) is 75.9 Å². The number of piperazine rings is 1. The Kier molecular flexibility index (Phi) is 7.94. The first kappa shape index (κ1) is 22.3. The number of nitrogens with one attached hydrogen (secondary N) is 1. The molecule has 1 fully saturated rings. The standard InChI is InChI=1S/C18H20N6OS.2ClH/c1-23-7-6-21-17(23)15-11-20-5-8-24(15)16(25)9-14-12-26-18(22-14)13-3-2-4-19-10-13;;/h2-4,6-7,10,12,15,20H,5,8-9,11H2,1H3;2*1H. The Morgan fingerprint density at radius 2 is 2.21 bits per heavy atom. The van der Waals surface area contributed by atoms with E-state index < -0.39 is 0 Å². The molecule has 0 radical (unpaired) electrons. The summed E-state index contributed by atoms with van der Waals surface area (Å²) in [6.45, 7) is 2.19. The lowest BCUT2D eigenvalue weighted by Gasteiger charge is -2.35. The Balaban J connectivity index is 0.00000140. The molecule has 1 N–H and O–H groups in total. The van der Waals surface area contributed by atoms with Crippen LogP contribution in [0.3, 0.4) is 0 Å². The van der Waals surface area contributed by atoms with Crippen molar-refractivity contribution in [3.05, 3.63) is 53.8 Å². The van der Waals surface area contributed by atoms with Crippen molar-refractivity contribution in [2.75, 3.05) is 19.6 Å². The molecule has 7 nitrogen and oxygen atoms in total. The van der Waals surface area contributed by atoms with Gasteiger partial charge >= 0.3 is 0 Å². The molecule has 0 bridgehead atoms. The number of carbonyl (C=O) groups excluding carboxylic acids is 1. The van der Waals surface area contributed by atoms with Crippen molar-refractivity contribution in [2.24, 2.45) is 7.05 Å². The number of aromatic nitrogens is 4. The van der Waals surface area contributed by atoms with Gasteiger partial charge in [0.2, 0.25) is 5.91 Å². The first-order valence-corrected chi connectivity index (χ1v) is 9.42. The van der Waals surface area contributed by atoms with E-state index in [2.05, 4.69) is 20.3 Å². The summed E-state index contributed by atoms with van der Waals surface area (Å²) in [5.41, 5.74) is 1.78. The van der Waals surface area contributed by atoms with Crippen LogP contribution in [0, 0.1) is 0 Å². The maximum absolute atomic E-state index is 12.9. The quantitative estimate of drug-likeness (QED) is 0.674. The minimum absolute atomic E-state index is 0. The number of hydrogen-bond donors (Lipinski definition) is 1. The number of halogens is 2. The van der Waals surface area contributed by atoms with E-state index in [1.54, 1.807) is 29.9 Å². The molecule has 1 unspecified atom stereocenters. The number of nitrogens with zero attached hydrogens (tertiary/aromatic N) is 5. The van der Waals surface area contributed by atoms with Gasteiger partial charge in [0.25, 0.3) is 0 Å². The van der Waals surface area contributed by atoms with Gasteiger partial charge in [-0.25, -0.2) is 9.97 Å². The molecule has 0 aliphatic carbocycles. The summed E-state index contributed by atoms with van der Waals surface area (Å²) in [6, 6.07) is 3.82. The Morgan fingerprint density at radius 3 is 2.93 bits per heavy atom. The largest absolute Gasteiger partial charge is 0.336 e. The van der Waals surface area contributed by atoms with Gasteiger partial charge in [-0.2, -0.15) is 0 Å². The number of thiazole rings is 1. The smallest absolute Gasteiger partial charge is 0.229 e. The summed E-state index contributed by atoms with van der Waals surface area (Å²) in [4.78, 5) is 28.0. The van der Waals surface area contributed by atoms with E-state index in [0.717, 1.165) is 28.6 Å². The average molecular weight is 441 g/mol. The lowest BCUT2D eigenvalue weighted by molar-refractivity contribution is -0.134. The maximum atomic E-state index is 12.9. The molecule has 28 heavy (non-hydrogen) atoms. The van der Waals surface area contributed by atoms with Crippen LogP contribution in [0.2, 0.25) is 0 Å². The van der Waals surface area contributed by atoms with Crippen molar-refractivity contribution >= 4 is 42.1 Å². The van der Waals surface area contributed by atoms with Crippen molar-refractivity contribution in [3.8, 4) is 10.6 Å². The summed E-state index contributed by atoms with van der Waals surface area (Å²) in [5, 5.41) is 6.20. The van der Waals surface area contributed by atoms with Crippen LogP contribution >= 0.6 is 36.2 Å². The Hall–Kier alpha value is -2.00. The van der Waals surface area contributed by atoms with Gasteiger partial charge < -0.3 is 14.8 Å². The van der Waals surface area contributed by atoms with Crippen molar-refractivity contribution in [3.63, 3.8) is 0 Å². The van der Waals surface area contributed by atoms with Crippen molar-refractivity contribution in [1.29, 1.82) is 0 Å². The van der Waals surface area contributed by atoms with Crippen LogP contribution in [0.15, 0.2) is 42.3 Å². The predicted octanol–water partition coefficient (Wildman–Crippen LogP) is 2.50. The Labute approximate surface area is 180 Å². The molecule has 0 saturated carbocycles. The van der Waals surface area contributed by atoms with Crippen molar-refractivity contribution in [2.45, 2.75) is 12.5 Å². The predicted molar refractivity (Wildman–Crippen MR) is 114 cm³/mol. The zero-order chi connectivity index (χ0) is 17.9. The number of rotatable bonds is 4. The highest BCUT2D eigenvalue weighted by molar-refractivity contribution is 7.13. The number of imidazole rings is 1. The second-order valence-corrected chi connectivity index (χ2v) is 7.12.